The van der Waals surface area contributed by atoms with E-state index in [0.29, 0.717) is 0 Å². The highest BCUT2D eigenvalue weighted by atomic mass is 19.1. The lowest BCUT2D eigenvalue weighted by atomic mass is 10.1. The maximum absolute atomic E-state index is 12.9. The molecule has 0 unspecified atom stereocenters. The number of hydrogen-bond donors (Lipinski definition) is 0. The van der Waals surface area contributed by atoms with Gasteiger partial charge in [-0.2, -0.15) is 0 Å². The van der Waals surface area contributed by atoms with E-state index in [0.717, 1.165) is 25.1 Å². The van der Waals surface area contributed by atoms with Gasteiger partial charge in [-0.3, -0.25) is 0 Å². The van der Waals surface area contributed by atoms with Crippen LogP contribution in [0.3, 0.4) is 0 Å². The molecule has 1 aliphatic heterocycles. The summed E-state index contributed by atoms with van der Waals surface area (Å²) in [5.74, 6) is -0.177. The van der Waals surface area contributed by atoms with E-state index < -0.39 is 0 Å². The molecule has 0 aromatic heterocycles. The van der Waals surface area contributed by atoms with E-state index in [1.54, 1.807) is 0 Å². The average Bonchev–Trinajstić information content (AvgIpc) is 2.89. The Morgan fingerprint density at radius 3 is 2.42 bits per heavy atom. The maximum Gasteiger partial charge on any atom is 0.123 e. The van der Waals surface area contributed by atoms with Gasteiger partial charge >= 0.3 is 0 Å². The Kier molecular flexibility index (Phi) is 3.32. The minimum Gasteiger partial charge on any atom is -0.372 e. The molecule has 0 aliphatic carbocycles. The lowest BCUT2D eigenvalue weighted by Crippen LogP contribution is -2.13. The normalized spacial score (nSPS) is 14.6. The molecule has 0 bridgehead atoms. The zero-order valence-corrected chi connectivity index (χ0v) is 10.7. The van der Waals surface area contributed by atoms with Crippen LogP contribution in [-0.4, -0.2) is 11.4 Å². The summed E-state index contributed by atoms with van der Waals surface area (Å²) in [5, 5.41) is 0. The minimum atomic E-state index is -0.177. The van der Waals surface area contributed by atoms with Gasteiger partial charge in [0.05, 0.1) is 0 Å². The second-order valence-electron chi connectivity index (χ2n) is 4.87. The monoisotopic (exact) mass is 253 g/mol. The topological polar surface area (TPSA) is 3.24 Å². The molecular weight excluding hydrogens is 237 g/mol. The minimum absolute atomic E-state index is 0.177. The van der Waals surface area contributed by atoms with Crippen LogP contribution >= 0.6 is 0 Å². The van der Waals surface area contributed by atoms with Crippen LogP contribution < -0.4 is 0 Å². The van der Waals surface area contributed by atoms with Crippen LogP contribution in [-0.2, 0) is 6.54 Å². The van der Waals surface area contributed by atoms with Crippen molar-refractivity contribution in [2.75, 3.05) is 6.54 Å². The first kappa shape index (κ1) is 12.0. The summed E-state index contributed by atoms with van der Waals surface area (Å²) < 4.78 is 12.9. The standard InChI is InChI=1S/C17H16FN/c18-17-8-6-15(7-9-17)16-10-11-19(13-16)12-14-4-2-1-3-5-14/h1-9,13H,10-12H2. The SMILES string of the molecule is Fc1ccc(C2=CN(Cc3ccccc3)CC2)cc1. The third kappa shape index (κ3) is 2.84. The molecule has 0 saturated carbocycles. The molecule has 1 heterocycles. The maximum atomic E-state index is 12.9. The predicted molar refractivity (Wildman–Crippen MR) is 75.8 cm³/mol. The van der Waals surface area contributed by atoms with Crippen LogP contribution in [0.4, 0.5) is 4.39 Å². The quantitative estimate of drug-likeness (QED) is 0.797. The number of rotatable bonds is 3. The highest BCUT2D eigenvalue weighted by molar-refractivity contribution is 5.66. The first-order valence-corrected chi connectivity index (χ1v) is 6.56. The van der Waals surface area contributed by atoms with Gasteiger partial charge < -0.3 is 4.90 Å². The smallest absolute Gasteiger partial charge is 0.123 e. The molecule has 0 N–H and O–H groups in total. The average molecular weight is 253 g/mol. The fourth-order valence-electron chi connectivity index (χ4n) is 2.44. The van der Waals surface area contributed by atoms with Crippen molar-refractivity contribution in [2.24, 2.45) is 0 Å². The Morgan fingerprint density at radius 1 is 0.947 bits per heavy atom. The lowest BCUT2D eigenvalue weighted by Gasteiger charge is -2.14. The molecule has 1 aliphatic rings. The molecule has 2 heteroatoms. The fourth-order valence-corrected chi connectivity index (χ4v) is 2.44. The summed E-state index contributed by atoms with van der Waals surface area (Å²) in [6, 6.07) is 17.2. The highest BCUT2D eigenvalue weighted by Gasteiger charge is 2.13. The summed E-state index contributed by atoms with van der Waals surface area (Å²) >= 11 is 0. The van der Waals surface area contributed by atoms with Gasteiger partial charge in [0.15, 0.2) is 0 Å². The molecule has 0 fully saturated rings. The molecule has 0 spiro atoms. The van der Waals surface area contributed by atoms with Gasteiger partial charge in [0.2, 0.25) is 0 Å². The van der Waals surface area contributed by atoms with E-state index in [9.17, 15) is 4.39 Å². The molecule has 1 nitrogen and oxygen atoms in total. The van der Waals surface area contributed by atoms with E-state index in [1.807, 2.05) is 18.2 Å². The van der Waals surface area contributed by atoms with E-state index in [-0.39, 0.29) is 5.82 Å². The van der Waals surface area contributed by atoms with E-state index in [1.165, 1.54) is 23.3 Å². The van der Waals surface area contributed by atoms with E-state index in [2.05, 4.69) is 35.4 Å². The van der Waals surface area contributed by atoms with Crippen molar-refractivity contribution in [1.82, 2.24) is 4.90 Å². The molecule has 2 aromatic rings. The van der Waals surface area contributed by atoms with Crippen LogP contribution in [0.1, 0.15) is 17.5 Å². The van der Waals surface area contributed by atoms with Crippen LogP contribution in [0.25, 0.3) is 5.57 Å². The summed E-state index contributed by atoms with van der Waals surface area (Å²) in [7, 11) is 0. The number of halogens is 1. The third-order valence-corrected chi connectivity index (χ3v) is 3.45. The van der Waals surface area contributed by atoms with Crippen molar-refractivity contribution in [3.63, 3.8) is 0 Å². The second kappa shape index (κ2) is 5.27. The summed E-state index contributed by atoms with van der Waals surface area (Å²) in [6.45, 7) is 1.97. The second-order valence-corrected chi connectivity index (χ2v) is 4.87. The highest BCUT2D eigenvalue weighted by Crippen LogP contribution is 2.26. The van der Waals surface area contributed by atoms with Crippen LogP contribution in [0.5, 0.6) is 0 Å². The van der Waals surface area contributed by atoms with Gasteiger partial charge in [-0.05, 0) is 35.3 Å². The van der Waals surface area contributed by atoms with Gasteiger partial charge in [0.1, 0.15) is 5.82 Å². The Morgan fingerprint density at radius 2 is 1.68 bits per heavy atom. The Hall–Kier alpha value is -2.09. The summed E-state index contributed by atoms with van der Waals surface area (Å²) in [5.41, 5.74) is 3.73. The molecular formula is C17H16FN. The molecule has 0 radical (unpaired) electrons. The predicted octanol–water partition coefficient (Wildman–Crippen LogP) is 4.07. The van der Waals surface area contributed by atoms with Crippen LogP contribution in [0.2, 0.25) is 0 Å². The molecule has 3 rings (SSSR count). The number of nitrogens with zero attached hydrogens (tertiary/aromatic N) is 1. The molecule has 0 amide bonds. The van der Waals surface area contributed by atoms with E-state index >= 15 is 0 Å². The van der Waals surface area contributed by atoms with Crippen LogP contribution in [0, 0.1) is 5.82 Å². The Balaban J connectivity index is 1.72. The van der Waals surface area contributed by atoms with Crippen LogP contribution in [0.15, 0.2) is 60.8 Å². The zero-order chi connectivity index (χ0) is 13.1. The molecule has 96 valence electrons. The van der Waals surface area contributed by atoms with Crippen molar-refractivity contribution < 1.29 is 4.39 Å². The van der Waals surface area contributed by atoms with Crippen molar-refractivity contribution in [3.05, 3.63) is 77.7 Å². The zero-order valence-electron chi connectivity index (χ0n) is 10.7. The summed E-state index contributed by atoms with van der Waals surface area (Å²) in [6.07, 6.45) is 3.22. The fraction of sp³-hybridized carbons (Fsp3) is 0.176. The van der Waals surface area contributed by atoms with Crippen molar-refractivity contribution in [3.8, 4) is 0 Å². The number of benzene rings is 2. The van der Waals surface area contributed by atoms with Gasteiger partial charge in [-0.25, -0.2) is 4.39 Å². The Labute approximate surface area is 113 Å². The van der Waals surface area contributed by atoms with Gasteiger partial charge in [-0.1, -0.05) is 42.5 Å². The van der Waals surface area contributed by atoms with Crippen molar-refractivity contribution in [1.29, 1.82) is 0 Å². The first-order chi connectivity index (χ1) is 9.31. The molecule has 0 saturated heterocycles. The van der Waals surface area contributed by atoms with E-state index in [4.69, 9.17) is 0 Å². The van der Waals surface area contributed by atoms with Crippen molar-refractivity contribution in [2.45, 2.75) is 13.0 Å². The number of hydrogen-bond acceptors (Lipinski definition) is 1. The van der Waals surface area contributed by atoms with Gasteiger partial charge in [0.25, 0.3) is 0 Å². The largest absolute Gasteiger partial charge is 0.372 e. The third-order valence-electron chi connectivity index (χ3n) is 3.45. The summed E-state index contributed by atoms with van der Waals surface area (Å²) in [4.78, 5) is 2.31. The first-order valence-electron chi connectivity index (χ1n) is 6.56. The van der Waals surface area contributed by atoms with Gasteiger partial charge in [-0.15, -0.1) is 0 Å². The molecule has 2 aromatic carbocycles. The lowest BCUT2D eigenvalue weighted by molar-refractivity contribution is 0.400. The molecule has 0 atom stereocenters. The Bertz CT molecular complexity index is 572. The van der Waals surface area contributed by atoms with Gasteiger partial charge in [0, 0.05) is 19.3 Å². The van der Waals surface area contributed by atoms with Crippen molar-refractivity contribution >= 4 is 5.57 Å². The molecule has 19 heavy (non-hydrogen) atoms.